The van der Waals surface area contributed by atoms with E-state index in [2.05, 4.69) is 170 Å². The monoisotopic (exact) mass is 537 g/mol. The summed E-state index contributed by atoms with van der Waals surface area (Å²) in [6.07, 6.45) is 0. The first-order valence-electron chi connectivity index (χ1n) is 14.7. The fourth-order valence-electron chi connectivity index (χ4n) is 6.98. The molecule has 42 heavy (non-hydrogen) atoms. The zero-order valence-electron chi connectivity index (χ0n) is 23.9. The summed E-state index contributed by atoms with van der Waals surface area (Å²) < 4.78 is 0. The number of fused-ring (bicyclic) bond motifs is 6. The van der Waals surface area contributed by atoms with Crippen LogP contribution in [0.1, 0.15) is 25.0 Å². The van der Waals surface area contributed by atoms with Crippen molar-refractivity contribution in [1.82, 2.24) is 0 Å². The maximum Gasteiger partial charge on any atom is 0.0549 e. The predicted octanol–water partition coefficient (Wildman–Crippen LogP) is 11.4. The molecule has 0 spiro atoms. The van der Waals surface area contributed by atoms with Crippen LogP contribution in [0.4, 0.5) is 17.1 Å². The van der Waals surface area contributed by atoms with Crippen molar-refractivity contribution in [2.45, 2.75) is 19.3 Å². The molecule has 1 aliphatic carbocycles. The average Bonchev–Trinajstić information content (AvgIpc) is 3.28. The third-order valence-corrected chi connectivity index (χ3v) is 8.97. The second-order valence-electron chi connectivity index (χ2n) is 11.8. The molecule has 1 nitrogen and oxygen atoms in total. The van der Waals surface area contributed by atoms with Crippen molar-refractivity contribution in [3.8, 4) is 22.3 Å². The SMILES string of the molecule is CC1(C)c2cc(-c3ccccc3)ccc2-c2c(N(c3ccccc3)c3ccc4ccccc4c3)cc3ccccc3c21. The normalized spacial score (nSPS) is 13.2. The Labute approximate surface area is 247 Å². The van der Waals surface area contributed by atoms with E-state index in [1.807, 2.05) is 0 Å². The summed E-state index contributed by atoms with van der Waals surface area (Å²) in [5.74, 6) is 0. The zero-order chi connectivity index (χ0) is 28.3. The van der Waals surface area contributed by atoms with Crippen molar-refractivity contribution in [1.29, 1.82) is 0 Å². The molecule has 0 aliphatic heterocycles. The lowest BCUT2D eigenvalue weighted by Crippen LogP contribution is -2.17. The maximum atomic E-state index is 2.45. The number of nitrogens with zero attached hydrogens (tertiary/aromatic N) is 1. The number of hydrogen-bond acceptors (Lipinski definition) is 1. The number of hydrogen-bond donors (Lipinski definition) is 0. The summed E-state index contributed by atoms with van der Waals surface area (Å²) in [6.45, 7) is 4.79. The Bertz CT molecular complexity index is 2110. The Kier molecular flexibility index (Phi) is 5.55. The molecule has 0 fully saturated rings. The first-order chi connectivity index (χ1) is 20.6. The van der Waals surface area contributed by atoms with E-state index in [-0.39, 0.29) is 5.41 Å². The largest absolute Gasteiger partial charge is 0.310 e. The van der Waals surface area contributed by atoms with Gasteiger partial charge in [-0.05, 0) is 85.8 Å². The molecule has 7 aromatic carbocycles. The molecule has 0 saturated carbocycles. The summed E-state index contributed by atoms with van der Waals surface area (Å²) in [5.41, 5.74) is 11.3. The van der Waals surface area contributed by atoms with Gasteiger partial charge < -0.3 is 4.90 Å². The number of para-hydroxylation sites is 1. The lowest BCUT2D eigenvalue weighted by Gasteiger charge is -2.30. The number of benzene rings is 7. The molecule has 200 valence electrons. The summed E-state index contributed by atoms with van der Waals surface area (Å²) in [4.78, 5) is 2.45. The van der Waals surface area contributed by atoms with Crippen LogP contribution in [0.2, 0.25) is 0 Å². The minimum absolute atomic E-state index is 0.170. The van der Waals surface area contributed by atoms with Gasteiger partial charge in [0, 0.05) is 22.4 Å². The van der Waals surface area contributed by atoms with E-state index in [0.717, 1.165) is 11.4 Å². The molecular weight excluding hydrogens is 506 g/mol. The highest BCUT2D eigenvalue weighted by molar-refractivity contribution is 6.06. The molecule has 0 N–H and O–H groups in total. The zero-order valence-corrected chi connectivity index (χ0v) is 23.9. The van der Waals surface area contributed by atoms with Gasteiger partial charge in [-0.25, -0.2) is 0 Å². The quantitative estimate of drug-likeness (QED) is 0.216. The molecular formula is C41H31N. The first-order valence-corrected chi connectivity index (χ1v) is 14.7. The Morgan fingerprint density at radius 2 is 1.14 bits per heavy atom. The van der Waals surface area contributed by atoms with Crippen LogP contribution in [0.15, 0.2) is 152 Å². The standard InChI is InChI=1S/C41H31N/c1-41(2)37-26-31(28-13-5-3-6-14-28)22-24-36(37)39-38(27-32-17-11-12-20-35(32)40(39)41)42(33-18-7-4-8-19-33)34-23-21-29-15-9-10-16-30(29)25-34/h3-27H,1-2H3. The van der Waals surface area contributed by atoms with Gasteiger partial charge in [-0.2, -0.15) is 0 Å². The molecule has 0 radical (unpaired) electrons. The van der Waals surface area contributed by atoms with Crippen LogP contribution in [0.5, 0.6) is 0 Å². The van der Waals surface area contributed by atoms with Gasteiger partial charge in [0.1, 0.15) is 0 Å². The lowest BCUT2D eigenvalue weighted by molar-refractivity contribution is 0.666. The van der Waals surface area contributed by atoms with Crippen molar-refractivity contribution in [3.05, 3.63) is 163 Å². The second kappa shape index (κ2) is 9.46. The summed E-state index contributed by atoms with van der Waals surface area (Å²) >= 11 is 0. The van der Waals surface area contributed by atoms with Gasteiger partial charge in [0.25, 0.3) is 0 Å². The van der Waals surface area contributed by atoms with Crippen LogP contribution in [0.25, 0.3) is 43.8 Å². The first kappa shape index (κ1) is 24.6. The smallest absolute Gasteiger partial charge is 0.0549 e. The number of anilines is 3. The van der Waals surface area contributed by atoms with Crippen LogP contribution < -0.4 is 4.90 Å². The van der Waals surface area contributed by atoms with E-state index >= 15 is 0 Å². The summed E-state index contributed by atoms with van der Waals surface area (Å²) in [5, 5.41) is 5.07. The third kappa shape index (κ3) is 3.78. The highest BCUT2D eigenvalue weighted by Gasteiger charge is 2.40. The topological polar surface area (TPSA) is 3.24 Å². The molecule has 0 heterocycles. The average molecular weight is 538 g/mol. The number of rotatable bonds is 4. The van der Waals surface area contributed by atoms with Gasteiger partial charge in [0.15, 0.2) is 0 Å². The van der Waals surface area contributed by atoms with Crippen molar-refractivity contribution >= 4 is 38.6 Å². The molecule has 0 aromatic heterocycles. The van der Waals surface area contributed by atoms with Crippen molar-refractivity contribution < 1.29 is 0 Å². The van der Waals surface area contributed by atoms with E-state index in [4.69, 9.17) is 0 Å². The minimum atomic E-state index is -0.170. The Morgan fingerprint density at radius 3 is 1.93 bits per heavy atom. The van der Waals surface area contributed by atoms with Crippen molar-refractivity contribution in [3.63, 3.8) is 0 Å². The third-order valence-electron chi connectivity index (χ3n) is 8.97. The summed E-state index contributed by atoms with van der Waals surface area (Å²) in [6, 6.07) is 55.3. The van der Waals surface area contributed by atoms with Crippen LogP contribution in [-0.2, 0) is 5.41 Å². The fraction of sp³-hybridized carbons (Fsp3) is 0.0732. The van der Waals surface area contributed by atoms with Gasteiger partial charge in [-0.15, -0.1) is 0 Å². The van der Waals surface area contributed by atoms with E-state index in [0.29, 0.717) is 0 Å². The van der Waals surface area contributed by atoms with E-state index in [1.54, 1.807) is 0 Å². The van der Waals surface area contributed by atoms with Gasteiger partial charge in [0.05, 0.1) is 5.69 Å². The molecule has 0 saturated heterocycles. The van der Waals surface area contributed by atoms with E-state index in [1.165, 1.54) is 60.6 Å². The van der Waals surface area contributed by atoms with E-state index < -0.39 is 0 Å². The molecule has 0 atom stereocenters. The van der Waals surface area contributed by atoms with Gasteiger partial charge in [-0.1, -0.05) is 129 Å². The Morgan fingerprint density at radius 1 is 0.476 bits per heavy atom. The highest BCUT2D eigenvalue weighted by atomic mass is 15.1. The Balaban J connectivity index is 1.45. The van der Waals surface area contributed by atoms with Crippen LogP contribution in [0, 0.1) is 0 Å². The molecule has 7 aromatic rings. The molecule has 8 rings (SSSR count). The Hall–Kier alpha value is -5.14. The highest BCUT2D eigenvalue weighted by Crippen LogP contribution is 2.57. The van der Waals surface area contributed by atoms with E-state index in [9.17, 15) is 0 Å². The van der Waals surface area contributed by atoms with Crippen LogP contribution in [0.3, 0.4) is 0 Å². The van der Waals surface area contributed by atoms with Gasteiger partial charge in [-0.3, -0.25) is 0 Å². The maximum absolute atomic E-state index is 2.45. The van der Waals surface area contributed by atoms with Crippen LogP contribution in [-0.4, -0.2) is 0 Å². The van der Waals surface area contributed by atoms with Crippen molar-refractivity contribution in [2.75, 3.05) is 4.90 Å². The molecule has 1 aliphatic rings. The second-order valence-corrected chi connectivity index (χ2v) is 11.8. The van der Waals surface area contributed by atoms with Gasteiger partial charge in [0.2, 0.25) is 0 Å². The lowest BCUT2D eigenvalue weighted by atomic mass is 9.79. The molecule has 0 bridgehead atoms. The predicted molar refractivity (Wildman–Crippen MR) is 179 cm³/mol. The molecule has 1 heteroatoms. The minimum Gasteiger partial charge on any atom is -0.310 e. The molecule has 0 unspecified atom stereocenters. The fourth-order valence-corrected chi connectivity index (χ4v) is 6.98. The summed E-state index contributed by atoms with van der Waals surface area (Å²) in [7, 11) is 0. The molecule has 0 amide bonds. The van der Waals surface area contributed by atoms with Gasteiger partial charge >= 0.3 is 0 Å². The van der Waals surface area contributed by atoms with Crippen molar-refractivity contribution in [2.24, 2.45) is 0 Å². The van der Waals surface area contributed by atoms with Crippen LogP contribution >= 0.6 is 0 Å².